The Labute approximate surface area is 105 Å². The highest BCUT2D eigenvalue weighted by molar-refractivity contribution is 5.75. The SMILES string of the molecule is CN(CC1CCCC1)C(=O)CCC1CCNC1. The van der Waals surface area contributed by atoms with Gasteiger partial charge in [-0.05, 0) is 50.6 Å². The lowest BCUT2D eigenvalue weighted by molar-refractivity contribution is -0.130. The maximum absolute atomic E-state index is 12.0. The van der Waals surface area contributed by atoms with Crippen LogP contribution in [0.15, 0.2) is 0 Å². The number of carbonyl (C=O) groups is 1. The van der Waals surface area contributed by atoms with Crippen LogP contribution in [0.5, 0.6) is 0 Å². The number of hydrogen-bond acceptors (Lipinski definition) is 2. The summed E-state index contributed by atoms with van der Waals surface area (Å²) in [5.41, 5.74) is 0. The Morgan fingerprint density at radius 3 is 2.65 bits per heavy atom. The zero-order valence-corrected chi connectivity index (χ0v) is 11.1. The highest BCUT2D eigenvalue weighted by Crippen LogP contribution is 2.25. The average Bonchev–Trinajstić information content (AvgIpc) is 2.98. The molecule has 0 bridgehead atoms. The van der Waals surface area contributed by atoms with E-state index in [1.165, 1.54) is 32.1 Å². The van der Waals surface area contributed by atoms with E-state index < -0.39 is 0 Å². The molecule has 1 atom stereocenters. The maximum atomic E-state index is 12.0. The van der Waals surface area contributed by atoms with Crippen LogP contribution in [0.3, 0.4) is 0 Å². The molecule has 1 heterocycles. The second-order valence-electron chi connectivity index (χ2n) is 5.82. The Morgan fingerprint density at radius 2 is 2.00 bits per heavy atom. The van der Waals surface area contributed by atoms with Gasteiger partial charge < -0.3 is 10.2 Å². The summed E-state index contributed by atoms with van der Waals surface area (Å²) >= 11 is 0. The molecule has 2 fully saturated rings. The first-order chi connectivity index (χ1) is 8.25. The molecule has 98 valence electrons. The summed E-state index contributed by atoms with van der Waals surface area (Å²) in [7, 11) is 1.98. The van der Waals surface area contributed by atoms with Crippen molar-refractivity contribution >= 4 is 5.91 Å². The number of nitrogens with zero attached hydrogens (tertiary/aromatic N) is 1. The van der Waals surface area contributed by atoms with E-state index in [1.54, 1.807) is 0 Å². The summed E-state index contributed by atoms with van der Waals surface area (Å²) in [4.78, 5) is 14.0. The molecule has 0 aromatic carbocycles. The van der Waals surface area contributed by atoms with Gasteiger partial charge in [0.1, 0.15) is 0 Å². The first kappa shape index (κ1) is 12.9. The largest absolute Gasteiger partial charge is 0.345 e. The zero-order chi connectivity index (χ0) is 12.1. The molecule has 2 rings (SSSR count). The Morgan fingerprint density at radius 1 is 1.24 bits per heavy atom. The first-order valence-corrected chi connectivity index (χ1v) is 7.20. The number of carbonyl (C=O) groups excluding carboxylic acids is 1. The van der Waals surface area contributed by atoms with Crippen molar-refractivity contribution in [2.75, 3.05) is 26.7 Å². The van der Waals surface area contributed by atoms with Crippen molar-refractivity contribution in [2.24, 2.45) is 11.8 Å². The van der Waals surface area contributed by atoms with Gasteiger partial charge >= 0.3 is 0 Å². The van der Waals surface area contributed by atoms with Crippen molar-refractivity contribution in [2.45, 2.75) is 44.9 Å². The predicted molar refractivity (Wildman–Crippen MR) is 69.8 cm³/mol. The van der Waals surface area contributed by atoms with Gasteiger partial charge in [-0.3, -0.25) is 4.79 Å². The topological polar surface area (TPSA) is 32.3 Å². The molecule has 1 saturated heterocycles. The second-order valence-corrected chi connectivity index (χ2v) is 5.82. The molecule has 1 unspecified atom stereocenters. The Hall–Kier alpha value is -0.570. The molecular formula is C14H26N2O. The Kier molecular flexibility index (Phi) is 4.84. The van der Waals surface area contributed by atoms with Crippen molar-refractivity contribution in [1.82, 2.24) is 10.2 Å². The van der Waals surface area contributed by atoms with Gasteiger partial charge in [0.05, 0.1) is 0 Å². The molecule has 0 aromatic heterocycles. The molecule has 1 aliphatic carbocycles. The fraction of sp³-hybridized carbons (Fsp3) is 0.929. The highest BCUT2D eigenvalue weighted by atomic mass is 16.2. The molecule has 0 spiro atoms. The van der Waals surface area contributed by atoms with Gasteiger partial charge in [0, 0.05) is 20.0 Å². The van der Waals surface area contributed by atoms with Crippen LogP contribution in [0.1, 0.15) is 44.9 Å². The number of amides is 1. The lowest BCUT2D eigenvalue weighted by Crippen LogP contribution is -2.31. The van der Waals surface area contributed by atoms with E-state index in [2.05, 4.69) is 5.32 Å². The van der Waals surface area contributed by atoms with Gasteiger partial charge in [-0.15, -0.1) is 0 Å². The summed E-state index contributed by atoms with van der Waals surface area (Å²) in [5, 5.41) is 3.36. The summed E-state index contributed by atoms with van der Waals surface area (Å²) in [5.74, 6) is 1.86. The molecule has 0 aromatic rings. The molecule has 17 heavy (non-hydrogen) atoms. The normalized spacial score (nSPS) is 25.4. The molecule has 1 saturated carbocycles. The van der Waals surface area contributed by atoms with Crippen LogP contribution in [0.4, 0.5) is 0 Å². The third-order valence-corrected chi connectivity index (χ3v) is 4.36. The van der Waals surface area contributed by atoms with Gasteiger partial charge in [-0.25, -0.2) is 0 Å². The Bertz CT molecular complexity index is 243. The van der Waals surface area contributed by atoms with Crippen LogP contribution in [0.25, 0.3) is 0 Å². The molecule has 3 heteroatoms. The third kappa shape index (κ3) is 3.98. The van der Waals surface area contributed by atoms with E-state index in [-0.39, 0.29) is 0 Å². The van der Waals surface area contributed by atoms with E-state index in [1.807, 2.05) is 11.9 Å². The summed E-state index contributed by atoms with van der Waals surface area (Å²) in [6, 6.07) is 0. The van der Waals surface area contributed by atoms with Crippen LogP contribution in [-0.4, -0.2) is 37.5 Å². The number of nitrogens with one attached hydrogen (secondary N) is 1. The van der Waals surface area contributed by atoms with E-state index in [0.29, 0.717) is 5.91 Å². The van der Waals surface area contributed by atoms with Crippen LogP contribution < -0.4 is 5.32 Å². The van der Waals surface area contributed by atoms with Crippen molar-refractivity contribution in [1.29, 1.82) is 0 Å². The van der Waals surface area contributed by atoms with E-state index in [4.69, 9.17) is 0 Å². The molecule has 1 aliphatic heterocycles. The van der Waals surface area contributed by atoms with E-state index in [9.17, 15) is 4.79 Å². The van der Waals surface area contributed by atoms with Crippen molar-refractivity contribution in [3.8, 4) is 0 Å². The minimum atomic E-state index is 0.351. The van der Waals surface area contributed by atoms with Crippen molar-refractivity contribution < 1.29 is 4.79 Å². The van der Waals surface area contributed by atoms with Gasteiger partial charge in [0.2, 0.25) is 5.91 Å². The third-order valence-electron chi connectivity index (χ3n) is 4.36. The monoisotopic (exact) mass is 238 g/mol. The lowest BCUT2D eigenvalue weighted by Gasteiger charge is -2.21. The molecule has 1 amide bonds. The molecule has 0 radical (unpaired) electrons. The molecular weight excluding hydrogens is 212 g/mol. The fourth-order valence-electron chi connectivity index (χ4n) is 3.16. The van der Waals surface area contributed by atoms with Crippen molar-refractivity contribution in [3.05, 3.63) is 0 Å². The first-order valence-electron chi connectivity index (χ1n) is 7.20. The number of rotatable bonds is 5. The van der Waals surface area contributed by atoms with Crippen LogP contribution in [0, 0.1) is 11.8 Å². The van der Waals surface area contributed by atoms with Crippen LogP contribution >= 0.6 is 0 Å². The summed E-state index contributed by atoms with van der Waals surface area (Å²) in [6.45, 7) is 3.23. The Balaban J connectivity index is 1.63. The fourth-order valence-corrected chi connectivity index (χ4v) is 3.16. The predicted octanol–water partition coefficient (Wildman–Crippen LogP) is 2.02. The van der Waals surface area contributed by atoms with Gasteiger partial charge in [-0.2, -0.15) is 0 Å². The molecule has 3 nitrogen and oxygen atoms in total. The summed E-state index contributed by atoms with van der Waals surface area (Å²) < 4.78 is 0. The van der Waals surface area contributed by atoms with Gasteiger partial charge in [0.15, 0.2) is 0 Å². The van der Waals surface area contributed by atoms with Crippen LogP contribution in [0.2, 0.25) is 0 Å². The quantitative estimate of drug-likeness (QED) is 0.795. The van der Waals surface area contributed by atoms with E-state index >= 15 is 0 Å². The van der Waals surface area contributed by atoms with Gasteiger partial charge in [0.25, 0.3) is 0 Å². The molecule has 2 aliphatic rings. The van der Waals surface area contributed by atoms with Crippen LogP contribution in [-0.2, 0) is 4.79 Å². The zero-order valence-electron chi connectivity index (χ0n) is 11.1. The highest BCUT2D eigenvalue weighted by Gasteiger charge is 2.21. The molecule has 1 N–H and O–H groups in total. The maximum Gasteiger partial charge on any atom is 0.222 e. The number of hydrogen-bond donors (Lipinski definition) is 1. The summed E-state index contributed by atoms with van der Waals surface area (Å²) in [6.07, 6.45) is 8.44. The van der Waals surface area contributed by atoms with Gasteiger partial charge in [-0.1, -0.05) is 12.8 Å². The average molecular weight is 238 g/mol. The second kappa shape index (κ2) is 6.39. The van der Waals surface area contributed by atoms with E-state index in [0.717, 1.165) is 44.3 Å². The van der Waals surface area contributed by atoms with Crippen molar-refractivity contribution in [3.63, 3.8) is 0 Å². The lowest BCUT2D eigenvalue weighted by atomic mass is 10.0. The minimum absolute atomic E-state index is 0.351. The minimum Gasteiger partial charge on any atom is -0.345 e. The standard InChI is InChI=1S/C14H26N2O/c1-16(11-13-4-2-3-5-13)14(17)7-6-12-8-9-15-10-12/h12-13,15H,2-11H2,1H3. The smallest absolute Gasteiger partial charge is 0.222 e.